The summed E-state index contributed by atoms with van der Waals surface area (Å²) in [5.74, 6) is 0.146. The van der Waals surface area contributed by atoms with Gasteiger partial charge in [0.25, 0.3) is 0 Å². The molecule has 0 aliphatic rings. The lowest BCUT2D eigenvalue weighted by Crippen LogP contribution is -2.18. The highest BCUT2D eigenvalue weighted by atomic mass is 32.2. The fourth-order valence-corrected chi connectivity index (χ4v) is 1.83. The summed E-state index contributed by atoms with van der Waals surface area (Å²) in [7, 11) is -4.00. The molecule has 82 valence electrons. The Morgan fingerprint density at radius 1 is 1.19 bits per heavy atom. The summed E-state index contributed by atoms with van der Waals surface area (Å²) in [5, 5.41) is 6.40. The lowest BCUT2D eigenvalue weighted by atomic mass is 10.1. The van der Waals surface area contributed by atoms with Crippen molar-refractivity contribution in [2.24, 2.45) is 5.14 Å². The van der Waals surface area contributed by atoms with E-state index in [4.69, 9.17) is 12.1 Å². The highest BCUT2D eigenvalue weighted by Crippen LogP contribution is 2.24. The number of rotatable bonds is 2. The van der Waals surface area contributed by atoms with Gasteiger partial charge in [-0.15, -0.1) is 0 Å². The van der Waals surface area contributed by atoms with Gasteiger partial charge in [0, 0.05) is 0 Å². The van der Waals surface area contributed by atoms with Gasteiger partial charge in [0.05, 0.1) is 0 Å². The van der Waals surface area contributed by atoms with Gasteiger partial charge in [-0.3, -0.25) is 0 Å². The Bertz CT molecular complexity index is 635. The molecule has 0 aromatic heterocycles. The van der Waals surface area contributed by atoms with Crippen molar-refractivity contribution >= 4 is 21.1 Å². The molecule has 5 heteroatoms. The summed E-state index contributed by atoms with van der Waals surface area (Å²) in [4.78, 5) is 0. The molecule has 0 aliphatic carbocycles. The molecule has 0 atom stereocenters. The summed E-state index contributed by atoms with van der Waals surface area (Å²) in [6.45, 7) is 5.75. The zero-order valence-corrected chi connectivity index (χ0v) is 9.07. The Labute approximate surface area is 93.9 Å². The van der Waals surface area contributed by atoms with Crippen molar-refractivity contribution in [3.05, 3.63) is 48.9 Å². The second-order valence-electron chi connectivity index (χ2n) is 3.31. The van der Waals surface area contributed by atoms with Gasteiger partial charge >= 0.3 is 10.3 Å². The number of hydrogen-bond acceptors (Lipinski definition) is 3. The first kappa shape index (κ1) is 10.9. The molecule has 0 bridgehead atoms. The van der Waals surface area contributed by atoms with Crippen molar-refractivity contribution in [3.63, 3.8) is 0 Å². The van der Waals surface area contributed by atoms with Crippen LogP contribution in [0.4, 0.5) is 0 Å². The van der Waals surface area contributed by atoms with Crippen molar-refractivity contribution in [1.29, 1.82) is 0 Å². The molecule has 0 saturated carbocycles. The minimum atomic E-state index is -4.00. The lowest BCUT2D eigenvalue weighted by Gasteiger charge is -2.05. The standard InChI is InChI=1S/C11H9NO3S/c1-8-3-2-4-9-5-6-10(7-11(8)9)15-16(12,13)14/h1-7H,(H2,12,13,14). The molecule has 0 saturated heterocycles. The van der Waals surface area contributed by atoms with Crippen LogP contribution in [0.25, 0.3) is 10.8 Å². The molecule has 2 rings (SSSR count). The summed E-state index contributed by atoms with van der Waals surface area (Å²) in [6, 6.07) is 10.2. The van der Waals surface area contributed by atoms with Crippen molar-refractivity contribution < 1.29 is 12.6 Å². The molecule has 0 unspecified atom stereocenters. The van der Waals surface area contributed by atoms with Crippen LogP contribution in [0.15, 0.2) is 36.4 Å². The van der Waals surface area contributed by atoms with Gasteiger partial charge in [0.15, 0.2) is 0 Å². The summed E-state index contributed by atoms with van der Waals surface area (Å²) < 4.78 is 26.1. The van der Waals surface area contributed by atoms with Gasteiger partial charge < -0.3 is 4.18 Å². The maximum atomic E-state index is 10.7. The molecule has 2 aromatic rings. The van der Waals surface area contributed by atoms with Crippen LogP contribution in [0.2, 0.25) is 0 Å². The number of fused-ring (bicyclic) bond motifs is 1. The summed E-state index contributed by atoms with van der Waals surface area (Å²) >= 11 is 0. The molecule has 0 spiro atoms. The zero-order chi connectivity index (χ0) is 11.8. The molecule has 2 aromatic carbocycles. The second kappa shape index (κ2) is 3.77. The minimum Gasteiger partial charge on any atom is -0.371 e. The lowest BCUT2D eigenvalue weighted by molar-refractivity contribution is 0.488. The van der Waals surface area contributed by atoms with Crippen LogP contribution < -0.4 is 9.32 Å². The van der Waals surface area contributed by atoms with Crippen molar-refractivity contribution in [1.82, 2.24) is 0 Å². The van der Waals surface area contributed by atoms with Crippen LogP contribution in [0, 0.1) is 6.92 Å². The predicted octanol–water partition coefficient (Wildman–Crippen LogP) is 1.48. The molecule has 0 fully saturated rings. The summed E-state index contributed by atoms with van der Waals surface area (Å²) in [6.07, 6.45) is 0. The molecule has 0 amide bonds. The van der Waals surface area contributed by atoms with Crippen molar-refractivity contribution in [2.75, 3.05) is 0 Å². The monoisotopic (exact) mass is 235 g/mol. The van der Waals surface area contributed by atoms with Gasteiger partial charge in [-0.25, -0.2) is 0 Å². The smallest absolute Gasteiger partial charge is 0.371 e. The molecule has 0 heterocycles. The van der Waals surface area contributed by atoms with E-state index < -0.39 is 10.3 Å². The Morgan fingerprint density at radius 2 is 1.94 bits per heavy atom. The molecular weight excluding hydrogens is 226 g/mol. The molecule has 4 nitrogen and oxygen atoms in total. The predicted molar refractivity (Wildman–Crippen MR) is 61.1 cm³/mol. The highest BCUT2D eigenvalue weighted by molar-refractivity contribution is 7.84. The molecule has 2 radical (unpaired) electrons. The topological polar surface area (TPSA) is 69.4 Å². The maximum Gasteiger partial charge on any atom is 0.380 e. The van der Waals surface area contributed by atoms with Crippen molar-refractivity contribution in [3.8, 4) is 5.75 Å². The van der Waals surface area contributed by atoms with E-state index in [0.717, 1.165) is 10.8 Å². The van der Waals surface area contributed by atoms with Crippen LogP contribution in [-0.4, -0.2) is 8.42 Å². The van der Waals surface area contributed by atoms with E-state index >= 15 is 0 Å². The van der Waals surface area contributed by atoms with E-state index in [-0.39, 0.29) is 5.75 Å². The average molecular weight is 235 g/mol. The Balaban J connectivity index is 2.55. The average Bonchev–Trinajstić information content (AvgIpc) is 2.17. The first-order valence-corrected chi connectivity index (χ1v) is 5.93. The number of benzene rings is 2. The minimum absolute atomic E-state index is 0.146. The first-order valence-electron chi connectivity index (χ1n) is 4.46. The SMILES string of the molecule is [CH]c1cccc2ccc(OS(N)(=O)=O)cc12. The highest BCUT2D eigenvalue weighted by Gasteiger charge is 2.06. The van der Waals surface area contributed by atoms with E-state index in [1.807, 2.05) is 12.1 Å². The number of hydrogen-bond donors (Lipinski definition) is 1. The Kier molecular flexibility index (Phi) is 2.57. The van der Waals surface area contributed by atoms with Crippen LogP contribution in [0.5, 0.6) is 5.75 Å². The van der Waals surface area contributed by atoms with Crippen molar-refractivity contribution in [2.45, 2.75) is 0 Å². The molecular formula is C11H9NO3S. The third kappa shape index (κ3) is 2.32. The van der Waals surface area contributed by atoms with Crippen LogP contribution in [0.1, 0.15) is 5.56 Å². The van der Waals surface area contributed by atoms with Crippen LogP contribution in [-0.2, 0) is 10.3 Å². The van der Waals surface area contributed by atoms with E-state index in [1.54, 1.807) is 12.1 Å². The fourth-order valence-electron chi connectivity index (χ4n) is 1.46. The Morgan fingerprint density at radius 3 is 2.62 bits per heavy atom. The van der Waals surface area contributed by atoms with Gasteiger partial charge in [-0.2, -0.15) is 13.6 Å². The molecule has 16 heavy (non-hydrogen) atoms. The molecule has 2 N–H and O–H groups in total. The quantitative estimate of drug-likeness (QED) is 0.857. The van der Waals surface area contributed by atoms with Gasteiger partial charge in [-0.05, 0) is 35.4 Å². The third-order valence-electron chi connectivity index (χ3n) is 2.10. The third-order valence-corrected chi connectivity index (χ3v) is 2.52. The van der Waals surface area contributed by atoms with E-state index in [9.17, 15) is 8.42 Å². The zero-order valence-electron chi connectivity index (χ0n) is 8.25. The first-order chi connectivity index (χ1) is 7.46. The van der Waals surface area contributed by atoms with Crippen LogP contribution in [0.3, 0.4) is 0 Å². The van der Waals surface area contributed by atoms with E-state index in [1.165, 1.54) is 12.1 Å². The molecule has 0 aliphatic heterocycles. The van der Waals surface area contributed by atoms with E-state index in [0.29, 0.717) is 5.56 Å². The largest absolute Gasteiger partial charge is 0.380 e. The second-order valence-corrected chi connectivity index (χ2v) is 4.46. The van der Waals surface area contributed by atoms with Crippen LogP contribution >= 0.6 is 0 Å². The number of nitrogens with two attached hydrogens (primary N) is 1. The van der Waals surface area contributed by atoms with Gasteiger partial charge in [0.1, 0.15) is 5.75 Å². The fraction of sp³-hybridized carbons (Fsp3) is 0. The van der Waals surface area contributed by atoms with Gasteiger partial charge in [-0.1, -0.05) is 24.3 Å². The summed E-state index contributed by atoms with van der Waals surface area (Å²) in [5.41, 5.74) is 0.553. The normalized spacial score (nSPS) is 11.6. The van der Waals surface area contributed by atoms with Gasteiger partial charge in [0.2, 0.25) is 0 Å². The Hall–Kier alpha value is -1.59. The van der Waals surface area contributed by atoms with E-state index in [2.05, 4.69) is 4.18 Å². The maximum absolute atomic E-state index is 10.7.